The average molecular weight is 299 g/mol. The van der Waals surface area contributed by atoms with Crippen LogP contribution in [0.5, 0.6) is 0 Å². The summed E-state index contributed by atoms with van der Waals surface area (Å²) >= 11 is 12.4. The normalized spacial score (nSPS) is 21.1. The lowest BCUT2D eigenvalue weighted by molar-refractivity contribution is 0.182. The number of hydrogen-bond donors (Lipinski definition) is 0. The van der Waals surface area contributed by atoms with Gasteiger partial charge in [-0.05, 0) is 31.5 Å². The highest BCUT2D eigenvalue weighted by molar-refractivity contribution is 6.31. The van der Waals surface area contributed by atoms with Crippen molar-refractivity contribution in [3.63, 3.8) is 0 Å². The third kappa shape index (κ3) is 2.60. The maximum absolute atomic E-state index is 6.26. The van der Waals surface area contributed by atoms with Crippen molar-refractivity contribution in [3.05, 3.63) is 29.0 Å². The zero-order chi connectivity index (χ0) is 13.4. The summed E-state index contributed by atoms with van der Waals surface area (Å²) in [7, 11) is 0. The molecule has 1 fully saturated rings. The Kier molecular flexibility index (Phi) is 3.70. The molecule has 3 rings (SSSR count). The van der Waals surface area contributed by atoms with Crippen molar-refractivity contribution in [1.82, 2.24) is 9.55 Å². The zero-order valence-electron chi connectivity index (χ0n) is 10.8. The predicted molar refractivity (Wildman–Crippen MR) is 77.9 cm³/mol. The molecule has 3 nitrogen and oxygen atoms in total. The van der Waals surface area contributed by atoms with E-state index in [0.717, 1.165) is 48.1 Å². The molecule has 2 heterocycles. The van der Waals surface area contributed by atoms with E-state index in [1.807, 2.05) is 25.1 Å². The fourth-order valence-corrected chi connectivity index (χ4v) is 2.93. The van der Waals surface area contributed by atoms with Crippen molar-refractivity contribution < 1.29 is 4.74 Å². The third-order valence-electron chi connectivity index (χ3n) is 3.56. The molecule has 0 N–H and O–H groups in total. The van der Waals surface area contributed by atoms with Crippen molar-refractivity contribution in [1.29, 1.82) is 0 Å². The molecule has 2 unspecified atom stereocenters. The van der Waals surface area contributed by atoms with Crippen molar-refractivity contribution in [3.8, 4) is 0 Å². The monoisotopic (exact) mass is 298 g/mol. The van der Waals surface area contributed by atoms with Crippen LogP contribution in [0, 0.1) is 5.92 Å². The van der Waals surface area contributed by atoms with Gasteiger partial charge >= 0.3 is 0 Å². The van der Waals surface area contributed by atoms with Gasteiger partial charge in [-0.2, -0.15) is 0 Å². The van der Waals surface area contributed by atoms with E-state index in [-0.39, 0.29) is 5.38 Å². The fourth-order valence-electron chi connectivity index (χ4n) is 2.60. The summed E-state index contributed by atoms with van der Waals surface area (Å²) in [6.07, 6.45) is 1.09. The smallest absolute Gasteiger partial charge is 0.127 e. The predicted octanol–water partition coefficient (Wildman–Crippen LogP) is 4.03. The molecule has 19 heavy (non-hydrogen) atoms. The maximum atomic E-state index is 6.26. The van der Waals surface area contributed by atoms with Crippen LogP contribution >= 0.6 is 23.2 Å². The molecular formula is C14H16Cl2N2O. The van der Waals surface area contributed by atoms with E-state index in [2.05, 4.69) is 9.55 Å². The van der Waals surface area contributed by atoms with Gasteiger partial charge in [0.1, 0.15) is 5.82 Å². The summed E-state index contributed by atoms with van der Waals surface area (Å²) in [5.41, 5.74) is 2.01. The number of fused-ring (bicyclic) bond motifs is 1. The number of hydrogen-bond acceptors (Lipinski definition) is 2. The molecule has 0 aliphatic carbocycles. The molecule has 0 radical (unpaired) electrons. The molecule has 0 spiro atoms. The van der Waals surface area contributed by atoms with Gasteiger partial charge in [-0.1, -0.05) is 11.6 Å². The van der Waals surface area contributed by atoms with E-state index in [9.17, 15) is 0 Å². The van der Waals surface area contributed by atoms with Gasteiger partial charge in [0.25, 0.3) is 0 Å². The Hall–Kier alpha value is -0.770. The van der Waals surface area contributed by atoms with Crippen LogP contribution in [0.3, 0.4) is 0 Å². The molecule has 1 aliphatic heterocycles. The second kappa shape index (κ2) is 5.31. The molecule has 0 amide bonds. The van der Waals surface area contributed by atoms with E-state index in [0.29, 0.717) is 5.92 Å². The minimum atomic E-state index is -0.117. The third-order valence-corrected chi connectivity index (χ3v) is 3.99. The van der Waals surface area contributed by atoms with Gasteiger partial charge in [-0.3, -0.25) is 0 Å². The summed E-state index contributed by atoms with van der Waals surface area (Å²) in [6.45, 7) is 4.51. The number of halogens is 2. The average Bonchev–Trinajstić information content (AvgIpc) is 2.98. The molecule has 0 bridgehead atoms. The number of benzene rings is 1. The highest BCUT2D eigenvalue weighted by Crippen LogP contribution is 2.28. The molecular weight excluding hydrogens is 283 g/mol. The largest absolute Gasteiger partial charge is 0.381 e. The van der Waals surface area contributed by atoms with E-state index in [1.54, 1.807) is 0 Å². The lowest BCUT2D eigenvalue weighted by Crippen LogP contribution is -2.13. The Balaban J connectivity index is 2.06. The summed E-state index contributed by atoms with van der Waals surface area (Å²) in [5.74, 6) is 1.44. The van der Waals surface area contributed by atoms with Crippen molar-refractivity contribution >= 4 is 34.2 Å². The number of aromatic nitrogens is 2. The summed E-state index contributed by atoms with van der Waals surface area (Å²) in [5, 5.41) is 0.610. The first-order chi connectivity index (χ1) is 9.15. The first kappa shape index (κ1) is 13.2. The first-order valence-electron chi connectivity index (χ1n) is 6.52. The van der Waals surface area contributed by atoms with Gasteiger partial charge < -0.3 is 9.30 Å². The molecule has 2 atom stereocenters. The molecule has 1 aliphatic rings. The highest BCUT2D eigenvalue weighted by atomic mass is 35.5. The van der Waals surface area contributed by atoms with Crippen molar-refractivity contribution in [2.24, 2.45) is 5.92 Å². The fraction of sp³-hybridized carbons (Fsp3) is 0.500. The maximum Gasteiger partial charge on any atom is 0.127 e. The van der Waals surface area contributed by atoms with Gasteiger partial charge in [-0.25, -0.2) is 4.98 Å². The number of nitrogens with zero attached hydrogens (tertiary/aromatic N) is 2. The standard InChI is InChI=1S/C14H16Cl2N2O/c1-9(15)14-17-12-3-2-11(16)6-13(12)18(14)7-10-4-5-19-8-10/h2-3,6,9-10H,4-5,7-8H2,1H3. The lowest BCUT2D eigenvalue weighted by atomic mass is 10.1. The Bertz CT molecular complexity index is 588. The van der Waals surface area contributed by atoms with Crippen LogP contribution < -0.4 is 0 Å². The minimum Gasteiger partial charge on any atom is -0.381 e. The van der Waals surface area contributed by atoms with Crippen LogP contribution in [-0.4, -0.2) is 22.8 Å². The van der Waals surface area contributed by atoms with Crippen LogP contribution in [0.2, 0.25) is 5.02 Å². The van der Waals surface area contributed by atoms with E-state index in [1.165, 1.54) is 0 Å². The van der Waals surface area contributed by atoms with Crippen LogP contribution in [0.4, 0.5) is 0 Å². The number of imidazole rings is 1. The molecule has 102 valence electrons. The van der Waals surface area contributed by atoms with Gasteiger partial charge in [0, 0.05) is 24.1 Å². The van der Waals surface area contributed by atoms with Crippen LogP contribution in [-0.2, 0) is 11.3 Å². The molecule has 5 heteroatoms. The minimum absolute atomic E-state index is 0.117. The summed E-state index contributed by atoms with van der Waals surface area (Å²) in [4.78, 5) is 4.63. The zero-order valence-corrected chi connectivity index (χ0v) is 12.3. The molecule has 1 saturated heterocycles. The topological polar surface area (TPSA) is 27.1 Å². The van der Waals surface area contributed by atoms with Crippen LogP contribution in [0.1, 0.15) is 24.5 Å². The quantitative estimate of drug-likeness (QED) is 0.800. The Morgan fingerprint density at radius 3 is 3.05 bits per heavy atom. The first-order valence-corrected chi connectivity index (χ1v) is 7.34. The van der Waals surface area contributed by atoms with Crippen LogP contribution in [0.25, 0.3) is 11.0 Å². The Morgan fingerprint density at radius 1 is 1.53 bits per heavy atom. The SMILES string of the molecule is CC(Cl)c1nc2ccc(Cl)cc2n1CC1CCOC1. The summed E-state index contributed by atoms with van der Waals surface area (Å²) in [6, 6.07) is 5.77. The van der Waals surface area contributed by atoms with Crippen molar-refractivity contribution in [2.75, 3.05) is 13.2 Å². The van der Waals surface area contributed by atoms with E-state index >= 15 is 0 Å². The van der Waals surface area contributed by atoms with Gasteiger partial charge in [-0.15, -0.1) is 11.6 Å². The summed E-state index contributed by atoms with van der Waals surface area (Å²) < 4.78 is 7.64. The molecule has 0 saturated carbocycles. The molecule has 1 aromatic heterocycles. The van der Waals surface area contributed by atoms with Gasteiger partial charge in [0.2, 0.25) is 0 Å². The number of ether oxygens (including phenoxy) is 1. The Labute approximate surface area is 122 Å². The van der Waals surface area contributed by atoms with E-state index in [4.69, 9.17) is 27.9 Å². The second-order valence-corrected chi connectivity index (χ2v) is 6.15. The van der Waals surface area contributed by atoms with Crippen molar-refractivity contribution in [2.45, 2.75) is 25.3 Å². The van der Waals surface area contributed by atoms with Crippen LogP contribution in [0.15, 0.2) is 18.2 Å². The van der Waals surface area contributed by atoms with E-state index < -0.39 is 0 Å². The Morgan fingerprint density at radius 2 is 2.37 bits per heavy atom. The number of alkyl halides is 1. The molecule has 2 aromatic rings. The lowest BCUT2D eigenvalue weighted by Gasteiger charge is -2.14. The van der Waals surface area contributed by atoms with Gasteiger partial charge in [0.05, 0.1) is 23.0 Å². The van der Waals surface area contributed by atoms with Gasteiger partial charge in [0.15, 0.2) is 0 Å². The second-order valence-electron chi connectivity index (χ2n) is 5.06. The molecule has 1 aromatic carbocycles. The highest BCUT2D eigenvalue weighted by Gasteiger charge is 2.21. The number of rotatable bonds is 3.